The Bertz CT molecular complexity index is 427. The molecule has 0 spiro atoms. The van der Waals surface area contributed by atoms with Crippen molar-refractivity contribution in [3.8, 4) is 0 Å². The highest BCUT2D eigenvalue weighted by Crippen LogP contribution is 2.17. The smallest absolute Gasteiger partial charge is 0.270 e. The van der Waals surface area contributed by atoms with Gasteiger partial charge in [-0.05, 0) is 18.9 Å². The van der Waals surface area contributed by atoms with Crippen LogP contribution in [-0.4, -0.2) is 28.5 Å². The highest BCUT2D eigenvalue weighted by Gasteiger charge is 2.18. The van der Waals surface area contributed by atoms with Crippen LogP contribution >= 0.6 is 0 Å². The van der Waals surface area contributed by atoms with Crippen molar-refractivity contribution >= 4 is 11.9 Å². The lowest BCUT2D eigenvalue weighted by Gasteiger charge is -2.11. The summed E-state index contributed by atoms with van der Waals surface area (Å²) in [7, 11) is 0. The quantitative estimate of drug-likeness (QED) is 0.777. The molecule has 1 fully saturated rings. The van der Waals surface area contributed by atoms with Gasteiger partial charge in [-0.3, -0.25) is 4.79 Å². The van der Waals surface area contributed by atoms with E-state index in [2.05, 4.69) is 27.2 Å². The molecule has 0 aliphatic heterocycles. The van der Waals surface area contributed by atoms with Gasteiger partial charge in [-0.15, -0.1) is 6.58 Å². The van der Waals surface area contributed by atoms with E-state index in [1.807, 2.05) is 0 Å². The first kappa shape index (κ1) is 12.5. The van der Waals surface area contributed by atoms with Crippen molar-refractivity contribution in [3.05, 3.63) is 30.6 Å². The summed E-state index contributed by atoms with van der Waals surface area (Å²) >= 11 is 0. The van der Waals surface area contributed by atoms with Gasteiger partial charge >= 0.3 is 0 Å². The van der Waals surface area contributed by atoms with Crippen LogP contribution in [0.3, 0.4) is 0 Å². The summed E-state index contributed by atoms with van der Waals surface area (Å²) in [5.41, 5.74) is 0.406. The van der Waals surface area contributed by atoms with E-state index in [0.717, 1.165) is 12.8 Å². The number of hydrogen-bond acceptors (Lipinski definition) is 4. The lowest BCUT2D eigenvalue weighted by atomic mass is 10.2. The molecule has 0 bridgehead atoms. The Balaban J connectivity index is 1.98. The second-order valence-corrected chi connectivity index (χ2v) is 4.39. The third-order valence-corrected chi connectivity index (χ3v) is 2.98. The van der Waals surface area contributed by atoms with Crippen molar-refractivity contribution in [2.24, 2.45) is 0 Å². The van der Waals surface area contributed by atoms with E-state index in [-0.39, 0.29) is 5.91 Å². The maximum absolute atomic E-state index is 12.0. The van der Waals surface area contributed by atoms with E-state index in [0.29, 0.717) is 24.2 Å². The van der Waals surface area contributed by atoms with Gasteiger partial charge in [0.1, 0.15) is 5.69 Å². The molecule has 0 radical (unpaired) electrons. The predicted molar refractivity (Wildman–Crippen MR) is 70.4 cm³/mol. The molecule has 0 saturated heterocycles. The highest BCUT2D eigenvalue weighted by molar-refractivity contribution is 5.92. The lowest BCUT2D eigenvalue weighted by molar-refractivity contribution is 0.0933. The largest absolute Gasteiger partial charge is 0.351 e. The SMILES string of the molecule is C=CCNc1nccc(C(=O)NC2CCCC2)n1. The zero-order valence-corrected chi connectivity index (χ0v) is 10.4. The molecule has 1 aromatic heterocycles. The monoisotopic (exact) mass is 246 g/mol. The molecule has 96 valence electrons. The van der Waals surface area contributed by atoms with Crippen molar-refractivity contribution < 1.29 is 4.79 Å². The molecule has 1 aromatic rings. The zero-order chi connectivity index (χ0) is 12.8. The first-order valence-corrected chi connectivity index (χ1v) is 6.28. The minimum atomic E-state index is -0.119. The fraction of sp³-hybridized carbons (Fsp3) is 0.462. The molecule has 0 unspecified atom stereocenters. The van der Waals surface area contributed by atoms with Gasteiger partial charge in [0.25, 0.3) is 5.91 Å². The van der Waals surface area contributed by atoms with Crippen LogP contribution in [0.25, 0.3) is 0 Å². The fourth-order valence-electron chi connectivity index (χ4n) is 2.06. The maximum Gasteiger partial charge on any atom is 0.270 e. The van der Waals surface area contributed by atoms with Crippen molar-refractivity contribution in [2.45, 2.75) is 31.7 Å². The molecule has 0 aromatic carbocycles. The molecule has 0 atom stereocenters. The zero-order valence-electron chi connectivity index (χ0n) is 10.4. The Hall–Kier alpha value is -1.91. The minimum Gasteiger partial charge on any atom is -0.351 e. The van der Waals surface area contributed by atoms with Gasteiger partial charge < -0.3 is 10.6 Å². The number of carbonyl (C=O) groups excluding carboxylic acids is 1. The van der Waals surface area contributed by atoms with Crippen LogP contribution < -0.4 is 10.6 Å². The summed E-state index contributed by atoms with van der Waals surface area (Å²) in [5.74, 6) is 0.333. The van der Waals surface area contributed by atoms with Gasteiger partial charge in [-0.2, -0.15) is 0 Å². The number of hydrogen-bond donors (Lipinski definition) is 2. The van der Waals surface area contributed by atoms with E-state index in [4.69, 9.17) is 0 Å². The Morgan fingerprint density at radius 3 is 3.00 bits per heavy atom. The molecule has 2 rings (SSSR count). The minimum absolute atomic E-state index is 0.119. The number of amides is 1. The number of rotatable bonds is 5. The summed E-state index contributed by atoms with van der Waals surface area (Å²) < 4.78 is 0. The molecule has 1 heterocycles. The van der Waals surface area contributed by atoms with E-state index < -0.39 is 0 Å². The average Bonchev–Trinajstić information content (AvgIpc) is 2.89. The van der Waals surface area contributed by atoms with Crippen LogP contribution in [0.5, 0.6) is 0 Å². The number of carbonyl (C=O) groups is 1. The number of nitrogens with zero attached hydrogens (tertiary/aromatic N) is 2. The van der Waals surface area contributed by atoms with Crippen molar-refractivity contribution in [2.75, 3.05) is 11.9 Å². The molecule has 1 aliphatic carbocycles. The van der Waals surface area contributed by atoms with Crippen molar-refractivity contribution in [1.82, 2.24) is 15.3 Å². The maximum atomic E-state index is 12.0. The van der Waals surface area contributed by atoms with Gasteiger partial charge in [0.2, 0.25) is 5.95 Å². The Labute approximate surface area is 107 Å². The Morgan fingerprint density at radius 1 is 1.50 bits per heavy atom. The van der Waals surface area contributed by atoms with Crippen LogP contribution in [0, 0.1) is 0 Å². The highest BCUT2D eigenvalue weighted by atomic mass is 16.1. The fourth-order valence-corrected chi connectivity index (χ4v) is 2.06. The van der Waals surface area contributed by atoms with Crippen LogP contribution in [0.2, 0.25) is 0 Å². The Kier molecular flexibility index (Phi) is 4.28. The molecular weight excluding hydrogens is 228 g/mol. The van der Waals surface area contributed by atoms with Gasteiger partial charge in [-0.25, -0.2) is 9.97 Å². The Morgan fingerprint density at radius 2 is 2.28 bits per heavy atom. The standard InChI is InChI=1S/C13H18N4O/c1-2-8-14-13-15-9-7-11(17-13)12(18)16-10-5-3-4-6-10/h2,7,9-10H,1,3-6,8H2,(H,16,18)(H,14,15,17). The van der Waals surface area contributed by atoms with Gasteiger partial charge in [0.05, 0.1) is 0 Å². The molecule has 1 aliphatic rings. The van der Waals surface area contributed by atoms with E-state index >= 15 is 0 Å². The second kappa shape index (κ2) is 6.14. The van der Waals surface area contributed by atoms with Crippen LogP contribution in [-0.2, 0) is 0 Å². The van der Waals surface area contributed by atoms with Crippen LogP contribution in [0.15, 0.2) is 24.9 Å². The summed E-state index contributed by atoms with van der Waals surface area (Å²) in [4.78, 5) is 20.2. The lowest BCUT2D eigenvalue weighted by Crippen LogP contribution is -2.33. The molecule has 1 amide bonds. The predicted octanol–water partition coefficient (Wildman–Crippen LogP) is 1.75. The van der Waals surface area contributed by atoms with E-state index in [1.165, 1.54) is 12.8 Å². The van der Waals surface area contributed by atoms with Gasteiger partial charge in [0, 0.05) is 18.8 Å². The molecule has 18 heavy (non-hydrogen) atoms. The number of anilines is 1. The van der Waals surface area contributed by atoms with Crippen molar-refractivity contribution in [3.63, 3.8) is 0 Å². The summed E-state index contributed by atoms with van der Waals surface area (Å²) in [6.45, 7) is 4.18. The summed E-state index contributed by atoms with van der Waals surface area (Å²) in [5, 5.41) is 5.96. The second-order valence-electron chi connectivity index (χ2n) is 4.39. The number of nitrogens with one attached hydrogen (secondary N) is 2. The van der Waals surface area contributed by atoms with Gasteiger partial charge in [0.15, 0.2) is 0 Å². The third kappa shape index (κ3) is 3.29. The summed E-state index contributed by atoms with van der Waals surface area (Å²) in [6.07, 6.45) is 7.83. The van der Waals surface area contributed by atoms with E-state index in [1.54, 1.807) is 18.3 Å². The molecule has 1 saturated carbocycles. The normalized spacial score (nSPS) is 15.3. The van der Waals surface area contributed by atoms with Gasteiger partial charge in [-0.1, -0.05) is 18.9 Å². The first-order valence-electron chi connectivity index (χ1n) is 6.28. The van der Waals surface area contributed by atoms with E-state index in [9.17, 15) is 4.79 Å². The van der Waals surface area contributed by atoms with Crippen molar-refractivity contribution in [1.29, 1.82) is 0 Å². The van der Waals surface area contributed by atoms with Crippen LogP contribution in [0.1, 0.15) is 36.2 Å². The molecule has 2 N–H and O–H groups in total. The average molecular weight is 246 g/mol. The first-order chi connectivity index (χ1) is 8.79. The van der Waals surface area contributed by atoms with Crippen LogP contribution in [0.4, 0.5) is 5.95 Å². The molecular formula is C13H18N4O. The molecule has 5 nitrogen and oxygen atoms in total. The summed E-state index contributed by atoms with van der Waals surface area (Å²) in [6, 6.07) is 1.93. The number of aromatic nitrogens is 2. The molecule has 5 heteroatoms. The topological polar surface area (TPSA) is 66.9 Å². The third-order valence-electron chi connectivity index (χ3n) is 2.98.